The number of nitrogens with zero attached hydrogens (tertiary/aromatic N) is 4. The predicted molar refractivity (Wildman–Crippen MR) is 96.8 cm³/mol. The lowest BCUT2D eigenvalue weighted by Gasteiger charge is -2.17. The molecule has 1 aliphatic rings. The fraction of sp³-hybridized carbons (Fsp3) is 0.556. The molecule has 25 heavy (non-hydrogen) atoms. The van der Waals surface area contributed by atoms with Crippen LogP contribution in [0.25, 0.3) is 0 Å². The molecule has 7 heteroatoms. The Hall–Kier alpha value is -2.44. The lowest BCUT2D eigenvalue weighted by atomic mass is 9.95. The van der Waals surface area contributed by atoms with Gasteiger partial charge in [-0.1, -0.05) is 0 Å². The van der Waals surface area contributed by atoms with Crippen LogP contribution < -0.4 is 10.6 Å². The maximum absolute atomic E-state index is 12.1. The second-order valence-electron chi connectivity index (χ2n) is 6.47. The minimum Gasteiger partial charge on any atom is -0.337 e. The number of nitrogens with one attached hydrogen (secondary N) is 2. The topological polar surface area (TPSA) is 84.7 Å². The molecule has 0 atom stereocenters. The second kappa shape index (κ2) is 7.63. The molecule has 3 rings (SSSR count). The lowest BCUT2D eigenvalue weighted by Crippen LogP contribution is -2.31. The van der Waals surface area contributed by atoms with Crippen LogP contribution in [0.3, 0.4) is 0 Å². The monoisotopic (exact) mass is 342 g/mol. The molecule has 0 aliphatic heterocycles. The van der Waals surface area contributed by atoms with Crippen molar-refractivity contribution in [3.05, 3.63) is 34.7 Å². The van der Waals surface area contributed by atoms with Crippen molar-refractivity contribution in [3.8, 4) is 0 Å². The highest BCUT2D eigenvalue weighted by atomic mass is 16.2. The quantitative estimate of drug-likeness (QED) is 0.874. The molecule has 0 aromatic carbocycles. The number of hydrogen-bond acceptors (Lipinski definition) is 4. The van der Waals surface area contributed by atoms with Gasteiger partial charge in [-0.2, -0.15) is 5.10 Å². The van der Waals surface area contributed by atoms with Gasteiger partial charge in [0, 0.05) is 37.1 Å². The molecule has 0 radical (unpaired) electrons. The zero-order valence-electron chi connectivity index (χ0n) is 15.2. The van der Waals surface area contributed by atoms with Crippen molar-refractivity contribution in [2.45, 2.75) is 59.4 Å². The van der Waals surface area contributed by atoms with E-state index in [-0.39, 0.29) is 6.03 Å². The SMILES string of the molecule is CCn1cc(NC(=O)NCCc2nc(C)c3c(n2)CCCC3)c(C)n1. The van der Waals surface area contributed by atoms with Crippen LogP contribution in [0.2, 0.25) is 0 Å². The minimum absolute atomic E-state index is 0.228. The number of rotatable bonds is 5. The Morgan fingerprint density at radius 2 is 2.00 bits per heavy atom. The molecule has 7 nitrogen and oxygen atoms in total. The van der Waals surface area contributed by atoms with Crippen molar-refractivity contribution in [1.29, 1.82) is 0 Å². The van der Waals surface area contributed by atoms with Gasteiger partial charge in [-0.05, 0) is 52.0 Å². The van der Waals surface area contributed by atoms with Gasteiger partial charge in [0.15, 0.2) is 0 Å². The Balaban J connectivity index is 1.53. The van der Waals surface area contributed by atoms with E-state index in [1.54, 1.807) is 4.68 Å². The van der Waals surface area contributed by atoms with Crippen molar-refractivity contribution in [2.24, 2.45) is 0 Å². The number of amides is 2. The maximum Gasteiger partial charge on any atom is 0.319 e. The van der Waals surface area contributed by atoms with Crippen molar-refractivity contribution in [2.75, 3.05) is 11.9 Å². The molecule has 1 aliphatic carbocycles. The molecule has 0 spiro atoms. The molecule has 2 heterocycles. The molecule has 2 amide bonds. The summed E-state index contributed by atoms with van der Waals surface area (Å²) in [5.41, 5.74) is 5.16. The first-order chi connectivity index (χ1) is 12.1. The summed E-state index contributed by atoms with van der Waals surface area (Å²) in [4.78, 5) is 21.3. The van der Waals surface area contributed by atoms with E-state index >= 15 is 0 Å². The highest BCUT2D eigenvalue weighted by Gasteiger charge is 2.15. The van der Waals surface area contributed by atoms with Gasteiger partial charge >= 0.3 is 6.03 Å². The van der Waals surface area contributed by atoms with E-state index in [2.05, 4.69) is 32.6 Å². The van der Waals surface area contributed by atoms with Gasteiger partial charge < -0.3 is 10.6 Å². The number of fused-ring (bicyclic) bond motifs is 1. The Kier molecular flexibility index (Phi) is 5.31. The third-order valence-electron chi connectivity index (χ3n) is 4.59. The van der Waals surface area contributed by atoms with Gasteiger partial charge in [0.2, 0.25) is 0 Å². The van der Waals surface area contributed by atoms with Crippen molar-refractivity contribution < 1.29 is 4.79 Å². The molecule has 134 valence electrons. The summed E-state index contributed by atoms with van der Waals surface area (Å²) in [5.74, 6) is 0.813. The Morgan fingerprint density at radius 1 is 1.20 bits per heavy atom. The number of anilines is 1. The molecule has 0 saturated heterocycles. The molecule has 2 N–H and O–H groups in total. The molecule has 0 bridgehead atoms. The first-order valence-corrected chi connectivity index (χ1v) is 9.01. The predicted octanol–water partition coefficient (Wildman–Crippen LogP) is 2.55. The molecule has 0 fully saturated rings. The second-order valence-corrected chi connectivity index (χ2v) is 6.47. The molecule has 0 saturated carbocycles. The Morgan fingerprint density at radius 3 is 2.76 bits per heavy atom. The average molecular weight is 342 g/mol. The summed E-state index contributed by atoms with van der Waals surface area (Å²) >= 11 is 0. The third kappa shape index (κ3) is 4.15. The number of hydrogen-bond donors (Lipinski definition) is 2. The summed E-state index contributed by atoms with van der Waals surface area (Å²) < 4.78 is 1.80. The normalized spacial score (nSPS) is 13.4. The van der Waals surface area contributed by atoms with Crippen LogP contribution in [0.15, 0.2) is 6.20 Å². The highest BCUT2D eigenvalue weighted by molar-refractivity contribution is 5.89. The van der Waals surface area contributed by atoms with Gasteiger partial charge in [0.1, 0.15) is 5.82 Å². The minimum atomic E-state index is -0.228. The zero-order chi connectivity index (χ0) is 17.8. The summed E-state index contributed by atoms with van der Waals surface area (Å²) in [5, 5.41) is 10.0. The van der Waals surface area contributed by atoms with Crippen LogP contribution >= 0.6 is 0 Å². The van der Waals surface area contributed by atoms with E-state index in [9.17, 15) is 4.79 Å². The number of carbonyl (C=O) groups is 1. The Bertz CT molecular complexity index is 767. The van der Waals surface area contributed by atoms with E-state index in [0.717, 1.165) is 42.3 Å². The maximum atomic E-state index is 12.1. The van der Waals surface area contributed by atoms with Gasteiger partial charge in [-0.3, -0.25) is 4.68 Å². The van der Waals surface area contributed by atoms with E-state index in [1.807, 2.05) is 20.0 Å². The van der Waals surface area contributed by atoms with E-state index in [4.69, 9.17) is 0 Å². The van der Waals surface area contributed by atoms with Crippen LogP contribution in [0.5, 0.6) is 0 Å². The van der Waals surface area contributed by atoms with Gasteiger partial charge in [0.25, 0.3) is 0 Å². The van der Waals surface area contributed by atoms with Crippen molar-refractivity contribution in [1.82, 2.24) is 25.1 Å². The number of urea groups is 1. The number of aromatic nitrogens is 4. The van der Waals surface area contributed by atoms with Gasteiger partial charge in [0.05, 0.1) is 11.4 Å². The van der Waals surface area contributed by atoms with Crippen LogP contribution in [-0.4, -0.2) is 32.3 Å². The largest absolute Gasteiger partial charge is 0.337 e. The smallest absolute Gasteiger partial charge is 0.319 e. The zero-order valence-corrected chi connectivity index (χ0v) is 15.2. The van der Waals surface area contributed by atoms with Crippen LogP contribution in [0, 0.1) is 13.8 Å². The van der Waals surface area contributed by atoms with E-state index < -0.39 is 0 Å². The van der Waals surface area contributed by atoms with Gasteiger partial charge in [-0.15, -0.1) is 0 Å². The highest BCUT2D eigenvalue weighted by Crippen LogP contribution is 2.21. The van der Waals surface area contributed by atoms with E-state index in [1.165, 1.54) is 24.1 Å². The fourth-order valence-corrected chi connectivity index (χ4v) is 3.21. The van der Waals surface area contributed by atoms with Gasteiger partial charge in [-0.25, -0.2) is 14.8 Å². The first-order valence-electron chi connectivity index (χ1n) is 9.01. The summed E-state index contributed by atoms with van der Waals surface area (Å²) in [6, 6.07) is -0.228. The van der Waals surface area contributed by atoms with Crippen LogP contribution in [0.4, 0.5) is 10.5 Å². The summed E-state index contributed by atoms with van der Waals surface area (Å²) in [6.45, 7) is 7.23. The lowest BCUT2D eigenvalue weighted by molar-refractivity contribution is 0.252. The molecule has 2 aromatic rings. The summed E-state index contributed by atoms with van der Waals surface area (Å²) in [6.07, 6.45) is 7.04. The van der Waals surface area contributed by atoms with Crippen LogP contribution in [0.1, 0.15) is 48.2 Å². The standard InChI is InChI=1S/C18H26N6O/c1-4-24-11-16(13(3)23-24)22-18(25)19-10-9-17-20-12(2)14-7-5-6-8-15(14)21-17/h11H,4-10H2,1-3H3,(H2,19,22,25). The van der Waals surface area contributed by atoms with E-state index in [0.29, 0.717) is 13.0 Å². The fourth-order valence-electron chi connectivity index (χ4n) is 3.21. The number of carbonyl (C=O) groups excluding carboxylic acids is 1. The molecule has 0 unspecified atom stereocenters. The molecule has 2 aromatic heterocycles. The van der Waals surface area contributed by atoms with Crippen LogP contribution in [-0.2, 0) is 25.8 Å². The average Bonchev–Trinajstić information content (AvgIpc) is 2.95. The first kappa shape index (κ1) is 17.4. The van der Waals surface area contributed by atoms with Crippen molar-refractivity contribution in [3.63, 3.8) is 0 Å². The summed E-state index contributed by atoms with van der Waals surface area (Å²) in [7, 11) is 0. The third-order valence-corrected chi connectivity index (χ3v) is 4.59. The van der Waals surface area contributed by atoms with Crippen molar-refractivity contribution >= 4 is 11.7 Å². The Labute approximate surface area is 148 Å². The molecular formula is C18H26N6O. The molecular weight excluding hydrogens is 316 g/mol. The number of aryl methyl sites for hydroxylation is 4.